The van der Waals surface area contributed by atoms with Gasteiger partial charge in [0.15, 0.2) is 0 Å². The van der Waals surface area contributed by atoms with Crippen LogP contribution in [0.25, 0.3) is 5.83 Å². The van der Waals surface area contributed by atoms with Gasteiger partial charge in [0.1, 0.15) is 11.9 Å². The molecule has 0 aliphatic rings. The van der Waals surface area contributed by atoms with Crippen LogP contribution in [0.15, 0.2) is 60.7 Å². The maximum atomic E-state index is 14.0. The highest BCUT2D eigenvalue weighted by Gasteiger charge is 2.20. The molecule has 0 spiro atoms. The lowest BCUT2D eigenvalue weighted by Gasteiger charge is -2.13. The molecule has 0 aliphatic carbocycles. The Bertz CT molecular complexity index is 739. The molecule has 0 heterocycles. The summed E-state index contributed by atoms with van der Waals surface area (Å²) in [5, 5.41) is 11.6. The quantitative estimate of drug-likeness (QED) is 0.801. The molecule has 2 aromatic rings. The summed E-state index contributed by atoms with van der Waals surface area (Å²) in [6.07, 6.45) is 0.896. The van der Waals surface area contributed by atoms with Crippen molar-refractivity contribution in [2.75, 3.05) is 0 Å². The second-order valence-electron chi connectivity index (χ2n) is 5.45. The van der Waals surface area contributed by atoms with E-state index in [4.69, 9.17) is 0 Å². The number of halogens is 1. The predicted octanol–water partition coefficient (Wildman–Crippen LogP) is 3.12. The van der Waals surface area contributed by atoms with Gasteiger partial charge in [0, 0.05) is 18.1 Å². The van der Waals surface area contributed by atoms with Crippen molar-refractivity contribution in [2.45, 2.75) is 19.4 Å². The van der Waals surface area contributed by atoms with E-state index in [1.807, 2.05) is 13.0 Å². The number of carboxylic acid groups (broad SMARTS) is 1. The molecular weight excluding hydrogens is 309 g/mol. The van der Waals surface area contributed by atoms with E-state index in [9.17, 15) is 19.1 Å². The molecule has 2 aromatic carbocycles. The van der Waals surface area contributed by atoms with Crippen molar-refractivity contribution in [3.8, 4) is 0 Å². The van der Waals surface area contributed by atoms with Gasteiger partial charge in [0.05, 0.1) is 0 Å². The third-order valence-electron chi connectivity index (χ3n) is 3.48. The largest absolute Gasteiger partial charge is 0.480 e. The summed E-state index contributed by atoms with van der Waals surface area (Å²) in [5.41, 5.74) is 2.02. The molecule has 2 N–H and O–H groups in total. The molecule has 0 bridgehead atoms. The standard InChI is InChI=1S/C19H18FNO3/c1-13-7-9-15(10-8-13)16(20)12-18(22)21-17(19(23)24)11-14-5-3-2-4-6-14/h2-10,12,17H,11H2,1H3,(H,21,22)(H,23,24)/b16-12-/t17-/m0/s1. The van der Waals surface area contributed by atoms with Gasteiger partial charge in [-0.1, -0.05) is 60.2 Å². The normalized spacial score (nSPS) is 12.5. The van der Waals surface area contributed by atoms with Crippen molar-refractivity contribution in [1.82, 2.24) is 5.32 Å². The number of carboxylic acids is 1. The van der Waals surface area contributed by atoms with E-state index in [-0.39, 0.29) is 12.0 Å². The highest BCUT2D eigenvalue weighted by atomic mass is 19.1. The number of aryl methyl sites for hydroxylation is 1. The summed E-state index contributed by atoms with van der Waals surface area (Å²) in [7, 11) is 0. The van der Waals surface area contributed by atoms with Crippen LogP contribution in [0.4, 0.5) is 4.39 Å². The van der Waals surface area contributed by atoms with Crippen LogP contribution in [0.2, 0.25) is 0 Å². The fourth-order valence-corrected chi connectivity index (χ4v) is 2.17. The van der Waals surface area contributed by atoms with Gasteiger partial charge in [-0.25, -0.2) is 9.18 Å². The third kappa shape index (κ3) is 5.05. The predicted molar refractivity (Wildman–Crippen MR) is 90.0 cm³/mol. The number of benzene rings is 2. The lowest BCUT2D eigenvalue weighted by atomic mass is 10.1. The molecular formula is C19H18FNO3. The van der Waals surface area contributed by atoms with Crippen molar-refractivity contribution in [1.29, 1.82) is 0 Å². The average Bonchev–Trinajstić information content (AvgIpc) is 2.55. The molecule has 0 saturated carbocycles. The van der Waals surface area contributed by atoms with E-state index in [0.29, 0.717) is 0 Å². The van der Waals surface area contributed by atoms with Crippen molar-refractivity contribution >= 4 is 17.7 Å². The molecule has 0 fully saturated rings. The summed E-state index contributed by atoms with van der Waals surface area (Å²) < 4.78 is 14.0. The van der Waals surface area contributed by atoms with Crippen LogP contribution in [0.3, 0.4) is 0 Å². The first-order valence-electron chi connectivity index (χ1n) is 7.47. The first kappa shape index (κ1) is 17.4. The fourth-order valence-electron chi connectivity index (χ4n) is 2.17. The monoisotopic (exact) mass is 327 g/mol. The number of rotatable bonds is 6. The minimum absolute atomic E-state index is 0.127. The molecule has 1 atom stereocenters. The Kier molecular flexibility index (Phi) is 5.84. The number of nitrogens with one attached hydrogen (secondary N) is 1. The number of hydrogen-bond acceptors (Lipinski definition) is 2. The summed E-state index contributed by atoms with van der Waals surface area (Å²) in [6, 6.07) is 14.4. The average molecular weight is 327 g/mol. The zero-order valence-electron chi connectivity index (χ0n) is 13.2. The third-order valence-corrected chi connectivity index (χ3v) is 3.48. The molecule has 0 aromatic heterocycles. The summed E-state index contributed by atoms with van der Waals surface area (Å²) in [6.45, 7) is 1.87. The van der Waals surface area contributed by atoms with E-state index >= 15 is 0 Å². The molecule has 2 rings (SSSR count). The van der Waals surface area contributed by atoms with Gasteiger partial charge in [0.2, 0.25) is 5.91 Å². The van der Waals surface area contributed by atoms with Gasteiger partial charge >= 0.3 is 5.97 Å². The SMILES string of the molecule is Cc1ccc(/C(F)=C/C(=O)N[C@@H](Cc2ccccc2)C(=O)O)cc1. The van der Waals surface area contributed by atoms with E-state index in [1.165, 1.54) is 0 Å². The van der Waals surface area contributed by atoms with Crippen LogP contribution in [0.1, 0.15) is 16.7 Å². The molecule has 4 nitrogen and oxygen atoms in total. The van der Waals surface area contributed by atoms with Crippen molar-refractivity contribution in [2.24, 2.45) is 0 Å². The van der Waals surface area contributed by atoms with Gasteiger partial charge in [-0.3, -0.25) is 4.79 Å². The van der Waals surface area contributed by atoms with Crippen molar-refractivity contribution < 1.29 is 19.1 Å². The minimum Gasteiger partial charge on any atom is -0.480 e. The van der Waals surface area contributed by atoms with Gasteiger partial charge in [0.25, 0.3) is 0 Å². The maximum absolute atomic E-state index is 14.0. The number of hydrogen-bond donors (Lipinski definition) is 2. The highest BCUT2D eigenvalue weighted by Crippen LogP contribution is 2.16. The van der Waals surface area contributed by atoms with Gasteiger partial charge in [-0.15, -0.1) is 0 Å². The maximum Gasteiger partial charge on any atom is 0.326 e. The van der Waals surface area contributed by atoms with E-state index in [2.05, 4.69) is 5.32 Å². The van der Waals surface area contributed by atoms with Crippen LogP contribution in [0.5, 0.6) is 0 Å². The molecule has 0 radical (unpaired) electrons. The highest BCUT2D eigenvalue weighted by molar-refractivity contribution is 5.96. The van der Waals surface area contributed by atoms with Gasteiger partial charge in [-0.2, -0.15) is 0 Å². The van der Waals surface area contributed by atoms with E-state index in [1.54, 1.807) is 48.5 Å². The number of aliphatic carboxylic acids is 1. The van der Waals surface area contributed by atoms with Crippen LogP contribution in [0, 0.1) is 6.92 Å². The Morgan fingerprint density at radius 3 is 2.33 bits per heavy atom. The molecule has 1 amide bonds. The Balaban J connectivity index is 2.06. The molecule has 124 valence electrons. The molecule has 0 unspecified atom stereocenters. The molecule has 0 saturated heterocycles. The molecule has 24 heavy (non-hydrogen) atoms. The Hall–Kier alpha value is -2.95. The Morgan fingerprint density at radius 2 is 1.75 bits per heavy atom. The topological polar surface area (TPSA) is 66.4 Å². The second-order valence-corrected chi connectivity index (χ2v) is 5.45. The summed E-state index contributed by atoms with van der Waals surface area (Å²) in [5.74, 6) is -2.66. The lowest BCUT2D eigenvalue weighted by Crippen LogP contribution is -2.41. The summed E-state index contributed by atoms with van der Waals surface area (Å²) >= 11 is 0. The number of amides is 1. The minimum atomic E-state index is -1.17. The van der Waals surface area contributed by atoms with Crippen LogP contribution in [-0.2, 0) is 16.0 Å². The van der Waals surface area contributed by atoms with Crippen molar-refractivity contribution in [3.63, 3.8) is 0 Å². The zero-order chi connectivity index (χ0) is 17.5. The Morgan fingerprint density at radius 1 is 1.12 bits per heavy atom. The van der Waals surface area contributed by atoms with E-state index in [0.717, 1.165) is 17.2 Å². The van der Waals surface area contributed by atoms with Crippen LogP contribution < -0.4 is 5.32 Å². The zero-order valence-corrected chi connectivity index (χ0v) is 13.2. The van der Waals surface area contributed by atoms with Crippen molar-refractivity contribution in [3.05, 3.63) is 77.4 Å². The van der Waals surface area contributed by atoms with E-state index < -0.39 is 23.7 Å². The van der Waals surface area contributed by atoms with Crippen LogP contribution >= 0.6 is 0 Å². The first-order chi connectivity index (χ1) is 11.5. The summed E-state index contributed by atoms with van der Waals surface area (Å²) in [4.78, 5) is 23.2. The second kappa shape index (κ2) is 8.06. The molecule has 0 aliphatic heterocycles. The Labute approximate surface area is 139 Å². The number of carbonyl (C=O) groups is 2. The fraction of sp³-hybridized carbons (Fsp3) is 0.158. The van der Waals surface area contributed by atoms with Gasteiger partial charge in [-0.05, 0) is 12.5 Å². The first-order valence-corrected chi connectivity index (χ1v) is 7.47. The molecule has 5 heteroatoms. The lowest BCUT2D eigenvalue weighted by molar-refractivity contribution is -0.141. The van der Waals surface area contributed by atoms with Crippen LogP contribution in [-0.4, -0.2) is 23.0 Å². The number of carbonyl (C=O) groups excluding carboxylic acids is 1. The van der Waals surface area contributed by atoms with Gasteiger partial charge < -0.3 is 10.4 Å². The smallest absolute Gasteiger partial charge is 0.326 e.